The summed E-state index contributed by atoms with van der Waals surface area (Å²) in [6, 6.07) is 8.31. The van der Waals surface area contributed by atoms with Crippen molar-refractivity contribution >= 4 is 16.6 Å². The molecule has 1 heterocycles. The van der Waals surface area contributed by atoms with Crippen LogP contribution in [0, 0.1) is 0 Å². The first kappa shape index (κ1) is 9.00. The van der Waals surface area contributed by atoms with Gasteiger partial charge in [-0.25, -0.2) is 0 Å². The molecule has 0 radical (unpaired) electrons. The van der Waals surface area contributed by atoms with Crippen LogP contribution in [0.25, 0.3) is 10.9 Å². The van der Waals surface area contributed by atoms with Crippen molar-refractivity contribution in [1.82, 2.24) is 4.98 Å². The third-order valence-electron chi connectivity index (χ3n) is 2.50. The predicted octanol–water partition coefficient (Wildman–Crippen LogP) is 3.00. The molecule has 1 aromatic heterocycles. The zero-order valence-corrected chi connectivity index (χ0v) is 8.54. The van der Waals surface area contributed by atoms with Crippen molar-refractivity contribution in [3.05, 3.63) is 36.0 Å². The van der Waals surface area contributed by atoms with Crippen molar-refractivity contribution < 1.29 is 0 Å². The first-order chi connectivity index (χ1) is 6.86. The van der Waals surface area contributed by atoms with Gasteiger partial charge in [0.1, 0.15) is 0 Å². The molecule has 2 rings (SSSR count). The number of benzene rings is 1. The number of nitrogens with one attached hydrogen (secondary N) is 1. The van der Waals surface area contributed by atoms with E-state index in [4.69, 9.17) is 0 Å². The second kappa shape index (κ2) is 3.66. The Morgan fingerprint density at radius 3 is 2.86 bits per heavy atom. The monoisotopic (exact) mass is 186 g/mol. The fourth-order valence-corrected chi connectivity index (χ4v) is 1.78. The summed E-state index contributed by atoms with van der Waals surface area (Å²) in [5, 5.41) is 1.26. The van der Waals surface area contributed by atoms with E-state index >= 15 is 0 Å². The van der Waals surface area contributed by atoms with Gasteiger partial charge in [0.2, 0.25) is 0 Å². The summed E-state index contributed by atoms with van der Waals surface area (Å²) in [6.45, 7) is 2.13. The van der Waals surface area contributed by atoms with Gasteiger partial charge >= 0.3 is 0 Å². The molecule has 0 amide bonds. The Bertz CT molecular complexity index is 466. The van der Waals surface area contributed by atoms with Gasteiger partial charge in [-0.3, -0.25) is 4.99 Å². The Labute approximate surface area is 83.7 Å². The van der Waals surface area contributed by atoms with Crippen molar-refractivity contribution in [2.75, 3.05) is 7.05 Å². The molecular weight excluding hydrogens is 172 g/mol. The fourth-order valence-electron chi connectivity index (χ4n) is 1.78. The maximum atomic E-state index is 4.30. The molecule has 72 valence electrons. The van der Waals surface area contributed by atoms with Gasteiger partial charge in [0.25, 0.3) is 0 Å². The zero-order chi connectivity index (χ0) is 9.97. The number of H-pyrrole nitrogens is 1. The van der Waals surface area contributed by atoms with Gasteiger partial charge in [0.15, 0.2) is 0 Å². The van der Waals surface area contributed by atoms with Crippen LogP contribution in [0.1, 0.15) is 18.9 Å². The molecular formula is C12H14N2. The molecule has 14 heavy (non-hydrogen) atoms. The van der Waals surface area contributed by atoms with Crippen LogP contribution < -0.4 is 0 Å². The highest BCUT2D eigenvalue weighted by atomic mass is 14.7. The number of aromatic nitrogens is 1. The molecule has 0 fully saturated rings. The van der Waals surface area contributed by atoms with E-state index in [0.29, 0.717) is 0 Å². The van der Waals surface area contributed by atoms with E-state index in [1.807, 2.05) is 19.3 Å². The summed E-state index contributed by atoms with van der Waals surface area (Å²) in [5.74, 6) is 0. The molecule has 0 spiro atoms. The Morgan fingerprint density at radius 1 is 1.36 bits per heavy atom. The van der Waals surface area contributed by atoms with Gasteiger partial charge in [0.05, 0.1) is 0 Å². The lowest BCUT2D eigenvalue weighted by molar-refractivity contribution is 1.24. The number of hydrogen-bond acceptors (Lipinski definition) is 1. The SMILES string of the molecule is CCC(=NC)c1c[nH]c2ccccc12. The normalized spacial score (nSPS) is 12.3. The average Bonchev–Trinajstić information content (AvgIpc) is 2.65. The molecule has 0 saturated carbocycles. The van der Waals surface area contributed by atoms with Gasteiger partial charge in [0, 0.05) is 35.4 Å². The maximum Gasteiger partial charge on any atom is 0.0460 e. The second-order valence-electron chi connectivity index (χ2n) is 3.27. The molecule has 1 aromatic carbocycles. The smallest absolute Gasteiger partial charge is 0.0460 e. The number of aromatic amines is 1. The lowest BCUT2D eigenvalue weighted by atomic mass is 10.1. The van der Waals surface area contributed by atoms with Gasteiger partial charge in [-0.2, -0.15) is 0 Å². The predicted molar refractivity (Wildman–Crippen MR) is 61.1 cm³/mol. The first-order valence-corrected chi connectivity index (χ1v) is 4.89. The summed E-state index contributed by atoms with van der Waals surface area (Å²) in [4.78, 5) is 7.55. The number of para-hydroxylation sites is 1. The van der Waals surface area contributed by atoms with Crippen LogP contribution in [0.3, 0.4) is 0 Å². The number of nitrogens with zero attached hydrogens (tertiary/aromatic N) is 1. The standard InChI is InChI=1S/C12H14N2/c1-3-11(13-2)10-8-14-12-7-5-4-6-9(10)12/h4-8,14H,3H2,1-2H3. The topological polar surface area (TPSA) is 28.1 Å². The van der Waals surface area contributed by atoms with Crippen LogP contribution in [-0.2, 0) is 0 Å². The molecule has 0 aliphatic carbocycles. The summed E-state index contributed by atoms with van der Waals surface area (Å²) >= 11 is 0. The van der Waals surface area contributed by atoms with E-state index in [1.165, 1.54) is 16.5 Å². The zero-order valence-electron chi connectivity index (χ0n) is 8.54. The van der Waals surface area contributed by atoms with Crippen molar-refractivity contribution in [2.24, 2.45) is 4.99 Å². The van der Waals surface area contributed by atoms with E-state index in [2.05, 4.69) is 35.1 Å². The first-order valence-electron chi connectivity index (χ1n) is 4.89. The maximum absolute atomic E-state index is 4.30. The van der Waals surface area contributed by atoms with Gasteiger partial charge in [-0.1, -0.05) is 25.1 Å². The van der Waals surface area contributed by atoms with E-state index in [1.54, 1.807) is 0 Å². The molecule has 2 aromatic rings. The Morgan fingerprint density at radius 2 is 2.14 bits per heavy atom. The highest BCUT2D eigenvalue weighted by Gasteiger charge is 2.06. The van der Waals surface area contributed by atoms with Crippen LogP contribution in [0.15, 0.2) is 35.5 Å². The molecule has 0 aliphatic rings. The lowest BCUT2D eigenvalue weighted by Crippen LogP contribution is -1.96. The highest BCUT2D eigenvalue weighted by Crippen LogP contribution is 2.19. The Balaban J connectivity index is 2.63. The number of rotatable bonds is 2. The summed E-state index contributed by atoms with van der Waals surface area (Å²) in [6.07, 6.45) is 3.01. The average molecular weight is 186 g/mol. The fraction of sp³-hybridized carbons (Fsp3) is 0.250. The van der Waals surface area contributed by atoms with E-state index in [-0.39, 0.29) is 0 Å². The Kier molecular flexibility index (Phi) is 2.35. The van der Waals surface area contributed by atoms with Crippen LogP contribution >= 0.6 is 0 Å². The summed E-state index contributed by atoms with van der Waals surface area (Å²) in [7, 11) is 1.85. The van der Waals surface area contributed by atoms with Crippen molar-refractivity contribution in [3.8, 4) is 0 Å². The van der Waals surface area contributed by atoms with Crippen LogP contribution in [0.5, 0.6) is 0 Å². The molecule has 0 saturated heterocycles. The van der Waals surface area contributed by atoms with E-state index in [0.717, 1.165) is 12.1 Å². The van der Waals surface area contributed by atoms with Crippen molar-refractivity contribution in [1.29, 1.82) is 0 Å². The van der Waals surface area contributed by atoms with Gasteiger partial charge < -0.3 is 4.98 Å². The van der Waals surface area contributed by atoms with Gasteiger partial charge in [-0.15, -0.1) is 0 Å². The molecule has 2 heteroatoms. The summed E-state index contributed by atoms with van der Waals surface area (Å²) < 4.78 is 0. The number of aliphatic imine (C=N–C) groups is 1. The quantitative estimate of drug-likeness (QED) is 0.698. The minimum absolute atomic E-state index is 0.971. The molecule has 2 nitrogen and oxygen atoms in total. The van der Waals surface area contributed by atoms with Crippen molar-refractivity contribution in [3.63, 3.8) is 0 Å². The lowest BCUT2D eigenvalue weighted by Gasteiger charge is -1.99. The molecule has 0 atom stereocenters. The Hall–Kier alpha value is -1.57. The third-order valence-corrected chi connectivity index (χ3v) is 2.50. The van der Waals surface area contributed by atoms with E-state index in [9.17, 15) is 0 Å². The minimum atomic E-state index is 0.971. The number of hydrogen-bond donors (Lipinski definition) is 1. The van der Waals surface area contributed by atoms with Crippen LogP contribution in [0.2, 0.25) is 0 Å². The molecule has 0 aliphatic heterocycles. The second-order valence-corrected chi connectivity index (χ2v) is 3.27. The van der Waals surface area contributed by atoms with Crippen LogP contribution in [-0.4, -0.2) is 17.7 Å². The van der Waals surface area contributed by atoms with E-state index < -0.39 is 0 Å². The largest absolute Gasteiger partial charge is 0.360 e. The van der Waals surface area contributed by atoms with Crippen molar-refractivity contribution in [2.45, 2.75) is 13.3 Å². The molecule has 0 unspecified atom stereocenters. The summed E-state index contributed by atoms with van der Waals surface area (Å²) in [5.41, 5.74) is 3.56. The van der Waals surface area contributed by atoms with Crippen LogP contribution in [0.4, 0.5) is 0 Å². The molecule has 0 bridgehead atoms. The molecule has 1 N–H and O–H groups in total. The minimum Gasteiger partial charge on any atom is -0.360 e. The highest BCUT2D eigenvalue weighted by molar-refractivity contribution is 6.10. The van der Waals surface area contributed by atoms with Gasteiger partial charge in [-0.05, 0) is 12.5 Å². The number of fused-ring (bicyclic) bond motifs is 1. The third kappa shape index (κ3) is 1.33.